The monoisotopic (exact) mass is 1100 g/mol. The molecule has 0 aliphatic carbocycles. The van der Waals surface area contributed by atoms with Crippen molar-refractivity contribution in [3.63, 3.8) is 0 Å². The van der Waals surface area contributed by atoms with Crippen molar-refractivity contribution < 1.29 is 25.8 Å². The van der Waals surface area contributed by atoms with E-state index in [-0.39, 0.29) is 37.3 Å². The third kappa shape index (κ3) is 8.98. The molecule has 0 unspecified atom stereocenters. The van der Waals surface area contributed by atoms with Crippen LogP contribution in [0.15, 0.2) is 194 Å². The van der Waals surface area contributed by atoms with Crippen LogP contribution in [-0.2, 0) is 37.3 Å². The predicted octanol–water partition coefficient (Wildman–Crippen LogP) is 17.2. The summed E-state index contributed by atoms with van der Waals surface area (Å²) >= 11 is 0. The van der Waals surface area contributed by atoms with Gasteiger partial charge in [0.15, 0.2) is 0 Å². The Hall–Kier alpha value is -7.20. The summed E-state index contributed by atoms with van der Waals surface area (Å²) < 4.78 is 9.03. The molecular formula is C65H57N4OPt-3. The van der Waals surface area contributed by atoms with Crippen LogP contribution in [0.5, 0.6) is 11.5 Å². The van der Waals surface area contributed by atoms with Crippen LogP contribution in [0.3, 0.4) is 0 Å². The summed E-state index contributed by atoms with van der Waals surface area (Å²) in [6, 6.07) is 74.3. The fourth-order valence-corrected chi connectivity index (χ4v) is 9.81. The van der Waals surface area contributed by atoms with Crippen molar-refractivity contribution in [2.45, 2.75) is 71.6 Å². The minimum Gasteiger partial charge on any atom is -0.509 e. The van der Waals surface area contributed by atoms with Crippen LogP contribution >= 0.6 is 0 Å². The van der Waals surface area contributed by atoms with Gasteiger partial charge in [0.05, 0.1) is 0 Å². The topological polar surface area (TPSA) is 33.5 Å². The largest absolute Gasteiger partial charge is 0.509 e. The smallest absolute Gasteiger partial charge is 0.135 e. The maximum absolute atomic E-state index is 6.80. The Morgan fingerprint density at radius 3 is 1.83 bits per heavy atom. The van der Waals surface area contributed by atoms with Crippen LogP contribution in [0, 0.1) is 18.8 Å². The Balaban J connectivity index is 0.00000582. The van der Waals surface area contributed by atoms with Crippen LogP contribution in [0.1, 0.15) is 77.6 Å². The summed E-state index contributed by atoms with van der Waals surface area (Å²) in [7, 11) is 0. The third-order valence-electron chi connectivity index (χ3n) is 13.9. The van der Waals surface area contributed by atoms with Crippen LogP contribution < -0.4 is 14.5 Å². The first-order valence-corrected chi connectivity index (χ1v) is 24.3. The molecule has 0 radical (unpaired) electrons. The molecule has 0 saturated heterocycles. The number of hydrogen-bond donors (Lipinski definition) is 0. The average Bonchev–Trinajstić information content (AvgIpc) is 3.93. The number of pyridine rings is 1. The van der Waals surface area contributed by atoms with Gasteiger partial charge in [-0.1, -0.05) is 182 Å². The second kappa shape index (κ2) is 18.5. The minimum atomic E-state index is -0.254. The SMILES string of the molecule is CC(C)(C)c1cc(N2[CH-]N(c3[c-]c(Oc4[c-]c5c(cc4)c4cc(-c6ccccc6)ccc4n5-c4cc(C(C)(C)c5ccccc5)ccn4)ccc3)c3cccc(-c4ccccc4)c32)cc(C(C)(C)C)c1.[Pt]. The van der Waals surface area contributed by atoms with E-state index < -0.39 is 0 Å². The Kier molecular flexibility index (Phi) is 12.4. The standard InChI is InChI=1S/C65H57N4O.Pt/c1-63(2,3)49-37-50(64(4,5)6)39-52(38-49)68-43-67(59-29-19-28-55(62(59)68)45-22-14-10-15-23-45)51-26-18-27-53(41-51)70-54-31-32-56-57-36-46(44-20-12-9-13-21-44)30-33-58(57)69(60(56)42-54)61-40-48(34-35-66-61)65(7,8)47-24-16-11-17-25-47;/h9-40,43H,1-8H3;/q-3;. The van der Waals surface area contributed by atoms with Gasteiger partial charge in [-0.2, -0.15) is 12.1 Å². The number of rotatable bonds is 9. The van der Waals surface area contributed by atoms with Gasteiger partial charge >= 0.3 is 0 Å². The van der Waals surface area contributed by atoms with Gasteiger partial charge in [0.2, 0.25) is 0 Å². The van der Waals surface area contributed by atoms with Crippen molar-refractivity contribution in [3.05, 3.63) is 235 Å². The molecule has 1 aliphatic heterocycles. The van der Waals surface area contributed by atoms with Gasteiger partial charge in [-0.05, 0) is 91.6 Å². The molecule has 10 aromatic rings. The number of hydrogen-bond acceptors (Lipinski definition) is 4. The van der Waals surface area contributed by atoms with Gasteiger partial charge in [0.25, 0.3) is 0 Å². The van der Waals surface area contributed by atoms with Gasteiger partial charge in [-0.25, -0.2) is 4.98 Å². The molecule has 0 bridgehead atoms. The molecule has 0 saturated carbocycles. The molecular weight excluding hydrogens is 1050 g/mol. The fourth-order valence-electron chi connectivity index (χ4n) is 9.81. The Bertz CT molecular complexity index is 3520. The zero-order chi connectivity index (χ0) is 48.4. The van der Waals surface area contributed by atoms with E-state index >= 15 is 0 Å². The van der Waals surface area contributed by atoms with Crippen molar-refractivity contribution >= 4 is 44.6 Å². The first kappa shape index (κ1) is 47.5. The summed E-state index contributed by atoms with van der Waals surface area (Å²) in [5.41, 5.74) is 15.4. The van der Waals surface area contributed by atoms with Crippen LogP contribution in [0.2, 0.25) is 0 Å². The van der Waals surface area contributed by atoms with Crippen molar-refractivity contribution in [1.29, 1.82) is 0 Å². The molecule has 0 N–H and O–H groups in total. The summed E-state index contributed by atoms with van der Waals surface area (Å²) in [4.78, 5) is 9.62. The molecule has 11 rings (SSSR count). The predicted molar refractivity (Wildman–Crippen MR) is 291 cm³/mol. The molecule has 2 aromatic heterocycles. The zero-order valence-corrected chi connectivity index (χ0v) is 43.8. The molecule has 5 nitrogen and oxygen atoms in total. The second-order valence-electron chi connectivity index (χ2n) is 21.1. The van der Waals surface area contributed by atoms with Crippen LogP contribution in [0.4, 0.5) is 22.7 Å². The first-order valence-electron chi connectivity index (χ1n) is 24.3. The number of aromatic nitrogens is 2. The number of anilines is 4. The van der Waals surface area contributed by atoms with Gasteiger partial charge in [0.1, 0.15) is 5.82 Å². The van der Waals surface area contributed by atoms with Crippen molar-refractivity contribution in [3.8, 4) is 39.6 Å². The first-order chi connectivity index (χ1) is 33.7. The summed E-state index contributed by atoms with van der Waals surface area (Å²) in [5, 5.41) is 2.18. The molecule has 0 spiro atoms. The summed E-state index contributed by atoms with van der Waals surface area (Å²) in [5.74, 6) is 1.99. The van der Waals surface area contributed by atoms with Crippen molar-refractivity contribution in [1.82, 2.24) is 9.55 Å². The molecule has 3 heterocycles. The average molecular weight is 1110 g/mol. The van der Waals surface area contributed by atoms with Crippen molar-refractivity contribution in [2.75, 3.05) is 9.80 Å². The van der Waals surface area contributed by atoms with E-state index in [4.69, 9.17) is 9.72 Å². The van der Waals surface area contributed by atoms with E-state index in [0.29, 0.717) is 11.5 Å². The fraction of sp³-hybridized carbons (Fsp3) is 0.169. The quantitative estimate of drug-likeness (QED) is 0.135. The Morgan fingerprint density at radius 2 is 1.14 bits per heavy atom. The second-order valence-corrected chi connectivity index (χ2v) is 21.1. The maximum atomic E-state index is 6.80. The molecule has 1 aliphatic rings. The van der Waals surface area contributed by atoms with Gasteiger partial charge < -0.3 is 19.1 Å². The summed E-state index contributed by atoms with van der Waals surface area (Å²) in [6.45, 7) is 20.5. The van der Waals surface area contributed by atoms with Gasteiger partial charge in [-0.3, -0.25) is 0 Å². The van der Waals surface area contributed by atoms with Gasteiger partial charge in [0, 0.05) is 72.3 Å². The molecule has 8 aromatic carbocycles. The Morgan fingerprint density at radius 1 is 0.493 bits per heavy atom. The number of nitrogens with zero attached hydrogens (tertiary/aromatic N) is 4. The molecule has 6 heteroatoms. The van der Waals surface area contributed by atoms with Crippen molar-refractivity contribution in [2.24, 2.45) is 0 Å². The van der Waals surface area contributed by atoms with E-state index in [1.54, 1.807) is 0 Å². The number of ether oxygens (including phenoxy) is 1. The van der Waals surface area contributed by atoms with E-state index in [1.807, 2.05) is 24.4 Å². The number of para-hydroxylation sites is 1. The minimum absolute atomic E-state index is 0. The van der Waals surface area contributed by atoms with E-state index in [1.165, 1.54) is 27.8 Å². The molecule has 0 amide bonds. The molecule has 71 heavy (non-hydrogen) atoms. The van der Waals surface area contributed by atoms with E-state index in [9.17, 15) is 0 Å². The van der Waals surface area contributed by atoms with Crippen LogP contribution in [0.25, 0.3) is 49.9 Å². The maximum Gasteiger partial charge on any atom is 0.135 e. The number of benzene rings is 8. The van der Waals surface area contributed by atoms with Crippen LogP contribution in [-0.4, -0.2) is 9.55 Å². The molecule has 356 valence electrons. The van der Waals surface area contributed by atoms with Gasteiger partial charge in [-0.15, -0.1) is 48.1 Å². The third-order valence-corrected chi connectivity index (χ3v) is 13.9. The molecule has 0 atom stereocenters. The normalized spacial score (nSPS) is 12.8. The molecule has 0 fully saturated rings. The Labute approximate surface area is 433 Å². The van der Waals surface area contributed by atoms with E-state index in [2.05, 4.69) is 258 Å². The zero-order valence-electron chi connectivity index (χ0n) is 41.6. The number of fused-ring (bicyclic) bond motifs is 4. The van der Waals surface area contributed by atoms with E-state index in [0.717, 1.165) is 67.1 Å². The summed E-state index contributed by atoms with van der Waals surface area (Å²) in [6.07, 6.45) is 1.93.